The Labute approximate surface area is 78.0 Å². The first kappa shape index (κ1) is 8.02. The van der Waals surface area contributed by atoms with Crippen LogP contribution in [0, 0.1) is 17.1 Å². The van der Waals surface area contributed by atoms with Gasteiger partial charge in [0.15, 0.2) is 5.82 Å². The number of nitrogens with two attached hydrogens (primary N) is 1. The molecule has 13 heavy (non-hydrogen) atoms. The monoisotopic (exact) mass is 192 g/mol. The van der Waals surface area contributed by atoms with Crippen LogP contribution >= 0.6 is 11.3 Å². The highest BCUT2D eigenvalue weighted by Crippen LogP contribution is 2.33. The zero-order valence-corrected chi connectivity index (χ0v) is 7.36. The molecule has 2 N–H and O–H groups in total. The Morgan fingerprint density at radius 3 is 2.92 bits per heavy atom. The van der Waals surface area contributed by atoms with Crippen LogP contribution in [0.1, 0.15) is 5.56 Å². The molecule has 0 unspecified atom stereocenters. The third kappa shape index (κ3) is 1.05. The van der Waals surface area contributed by atoms with Crippen molar-refractivity contribution in [3.05, 3.63) is 29.6 Å². The summed E-state index contributed by atoms with van der Waals surface area (Å²) in [5.74, 6) is -0.419. The fourth-order valence-corrected chi connectivity index (χ4v) is 2.11. The highest BCUT2D eigenvalue weighted by molar-refractivity contribution is 7.22. The maximum absolute atomic E-state index is 13.3. The molecule has 0 saturated heterocycles. The molecule has 1 aromatic heterocycles. The summed E-state index contributed by atoms with van der Waals surface area (Å²) >= 11 is 1.11. The molecule has 0 amide bonds. The van der Waals surface area contributed by atoms with Gasteiger partial charge in [0.2, 0.25) is 0 Å². The minimum absolute atomic E-state index is 0.137. The van der Waals surface area contributed by atoms with Gasteiger partial charge in [-0.15, -0.1) is 11.3 Å². The molecule has 0 spiro atoms. The molecule has 0 fully saturated rings. The predicted molar refractivity (Wildman–Crippen MR) is 50.9 cm³/mol. The van der Waals surface area contributed by atoms with E-state index in [1.165, 1.54) is 0 Å². The first-order valence-corrected chi connectivity index (χ1v) is 4.42. The minimum Gasteiger partial charge on any atom is -0.388 e. The molecule has 2 rings (SSSR count). The van der Waals surface area contributed by atoms with E-state index in [9.17, 15) is 4.39 Å². The van der Waals surface area contributed by atoms with Crippen LogP contribution in [-0.4, -0.2) is 0 Å². The quantitative estimate of drug-likeness (QED) is 0.697. The number of hydrogen-bond acceptors (Lipinski definition) is 3. The van der Waals surface area contributed by atoms with Gasteiger partial charge in [0.05, 0.1) is 10.3 Å². The van der Waals surface area contributed by atoms with E-state index in [4.69, 9.17) is 11.0 Å². The predicted octanol–water partition coefficient (Wildman–Crippen LogP) is 2.49. The van der Waals surface area contributed by atoms with Crippen molar-refractivity contribution in [2.45, 2.75) is 0 Å². The Balaban J connectivity index is 2.95. The molecule has 2 nitrogen and oxygen atoms in total. The van der Waals surface area contributed by atoms with Crippen LogP contribution in [0.3, 0.4) is 0 Å². The third-order valence-electron chi connectivity index (χ3n) is 1.80. The van der Waals surface area contributed by atoms with E-state index in [0.717, 1.165) is 11.3 Å². The molecular formula is C9H5FN2S. The van der Waals surface area contributed by atoms with Crippen molar-refractivity contribution in [1.29, 1.82) is 5.26 Å². The Bertz CT molecular complexity index is 510. The second-order valence-corrected chi connectivity index (χ2v) is 3.63. The summed E-state index contributed by atoms with van der Waals surface area (Å²) in [5.41, 5.74) is 5.88. The molecule has 64 valence electrons. The first-order valence-electron chi connectivity index (χ1n) is 3.60. The zero-order valence-electron chi connectivity index (χ0n) is 6.54. The summed E-state index contributed by atoms with van der Waals surface area (Å²) < 4.78 is 13.9. The van der Waals surface area contributed by atoms with Gasteiger partial charge < -0.3 is 5.73 Å². The summed E-state index contributed by atoms with van der Waals surface area (Å²) in [5, 5.41) is 9.30. The van der Waals surface area contributed by atoms with E-state index in [1.807, 2.05) is 6.07 Å². The molecule has 0 saturated carbocycles. The lowest BCUT2D eigenvalue weighted by Gasteiger charge is -1.89. The number of rotatable bonds is 0. The number of halogens is 1. The molecule has 0 aliphatic rings. The first-order chi connectivity index (χ1) is 6.24. The standard InChI is InChI=1S/C9H5FN2S/c10-7-6-3-1-2-5(4-11)8(6)13-9(7)12/h1-3H,12H2. The summed E-state index contributed by atoms with van der Waals surface area (Å²) in [7, 11) is 0. The van der Waals surface area contributed by atoms with Gasteiger partial charge in [0.25, 0.3) is 0 Å². The van der Waals surface area contributed by atoms with Gasteiger partial charge in [-0.25, -0.2) is 4.39 Å². The normalized spacial score (nSPS) is 10.2. The number of benzene rings is 1. The van der Waals surface area contributed by atoms with Crippen molar-refractivity contribution in [3.63, 3.8) is 0 Å². The van der Waals surface area contributed by atoms with Crippen LogP contribution in [0.15, 0.2) is 18.2 Å². The molecule has 1 aromatic carbocycles. The maximum Gasteiger partial charge on any atom is 0.165 e. The zero-order chi connectivity index (χ0) is 9.42. The number of hydrogen-bond donors (Lipinski definition) is 1. The average Bonchev–Trinajstić information content (AvgIpc) is 2.43. The van der Waals surface area contributed by atoms with E-state index in [-0.39, 0.29) is 5.00 Å². The lowest BCUT2D eigenvalue weighted by molar-refractivity contribution is 0.648. The summed E-state index contributed by atoms with van der Waals surface area (Å²) in [6.07, 6.45) is 0. The second kappa shape index (κ2) is 2.71. The SMILES string of the molecule is N#Cc1cccc2c(F)c(N)sc12. The van der Waals surface area contributed by atoms with Crippen molar-refractivity contribution < 1.29 is 4.39 Å². The van der Waals surface area contributed by atoms with Gasteiger partial charge in [-0.3, -0.25) is 0 Å². The number of nitrogens with zero attached hydrogens (tertiary/aromatic N) is 1. The molecular weight excluding hydrogens is 187 g/mol. The fraction of sp³-hybridized carbons (Fsp3) is 0. The van der Waals surface area contributed by atoms with Crippen LogP contribution in [0.5, 0.6) is 0 Å². The van der Waals surface area contributed by atoms with Crippen LogP contribution < -0.4 is 5.73 Å². The van der Waals surface area contributed by atoms with E-state index in [0.29, 0.717) is 15.6 Å². The topological polar surface area (TPSA) is 49.8 Å². The Morgan fingerprint density at radius 1 is 1.46 bits per heavy atom. The van der Waals surface area contributed by atoms with Gasteiger partial charge >= 0.3 is 0 Å². The highest BCUT2D eigenvalue weighted by Gasteiger charge is 2.11. The van der Waals surface area contributed by atoms with E-state index in [2.05, 4.69) is 0 Å². The summed E-state index contributed by atoms with van der Waals surface area (Å²) in [6.45, 7) is 0. The van der Waals surface area contributed by atoms with Crippen molar-refractivity contribution in [3.8, 4) is 6.07 Å². The average molecular weight is 192 g/mol. The van der Waals surface area contributed by atoms with Crippen LogP contribution in [0.25, 0.3) is 10.1 Å². The molecule has 0 atom stereocenters. The molecule has 0 aliphatic carbocycles. The minimum atomic E-state index is -0.419. The number of anilines is 1. The van der Waals surface area contributed by atoms with E-state index in [1.54, 1.807) is 18.2 Å². The van der Waals surface area contributed by atoms with Crippen molar-refractivity contribution >= 4 is 26.4 Å². The van der Waals surface area contributed by atoms with E-state index < -0.39 is 5.82 Å². The smallest absolute Gasteiger partial charge is 0.165 e. The highest BCUT2D eigenvalue weighted by atomic mass is 32.1. The fourth-order valence-electron chi connectivity index (χ4n) is 1.20. The molecule has 0 bridgehead atoms. The summed E-state index contributed by atoms with van der Waals surface area (Å²) in [6, 6.07) is 6.92. The van der Waals surface area contributed by atoms with Crippen LogP contribution in [0.4, 0.5) is 9.39 Å². The number of thiophene rings is 1. The number of nitrogen functional groups attached to an aromatic ring is 1. The van der Waals surface area contributed by atoms with Crippen LogP contribution in [-0.2, 0) is 0 Å². The van der Waals surface area contributed by atoms with Crippen molar-refractivity contribution in [2.24, 2.45) is 0 Å². The second-order valence-electron chi connectivity index (χ2n) is 2.57. The lowest BCUT2D eigenvalue weighted by Crippen LogP contribution is -1.81. The number of nitriles is 1. The van der Waals surface area contributed by atoms with Gasteiger partial charge in [0.1, 0.15) is 11.1 Å². The Kier molecular flexibility index (Phi) is 1.67. The number of fused-ring (bicyclic) bond motifs is 1. The third-order valence-corrected chi connectivity index (χ3v) is 2.84. The lowest BCUT2D eigenvalue weighted by atomic mass is 10.2. The van der Waals surface area contributed by atoms with Crippen molar-refractivity contribution in [1.82, 2.24) is 0 Å². The Morgan fingerprint density at radius 2 is 2.23 bits per heavy atom. The van der Waals surface area contributed by atoms with Gasteiger partial charge in [0, 0.05) is 5.39 Å². The molecule has 4 heteroatoms. The van der Waals surface area contributed by atoms with Crippen LogP contribution in [0.2, 0.25) is 0 Å². The van der Waals surface area contributed by atoms with Gasteiger partial charge in [-0.1, -0.05) is 12.1 Å². The molecule has 2 aromatic rings. The van der Waals surface area contributed by atoms with Gasteiger partial charge in [-0.2, -0.15) is 5.26 Å². The van der Waals surface area contributed by atoms with Gasteiger partial charge in [-0.05, 0) is 6.07 Å². The van der Waals surface area contributed by atoms with Crippen molar-refractivity contribution in [2.75, 3.05) is 5.73 Å². The summed E-state index contributed by atoms with van der Waals surface area (Å²) in [4.78, 5) is 0. The maximum atomic E-state index is 13.3. The Hall–Kier alpha value is -1.60. The molecule has 0 radical (unpaired) electrons. The largest absolute Gasteiger partial charge is 0.388 e. The molecule has 1 heterocycles. The molecule has 0 aliphatic heterocycles. The van der Waals surface area contributed by atoms with E-state index >= 15 is 0 Å².